The van der Waals surface area contributed by atoms with E-state index in [2.05, 4.69) is 39.3 Å². The van der Waals surface area contributed by atoms with Gasteiger partial charge in [-0.05, 0) is 64.3 Å². The summed E-state index contributed by atoms with van der Waals surface area (Å²) in [7, 11) is 0. The van der Waals surface area contributed by atoms with Crippen LogP contribution in [-0.2, 0) is 4.74 Å². The molecule has 184 valence electrons. The number of hydrogen-bond donors (Lipinski definition) is 3. The lowest BCUT2D eigenvalue weighted by atomic mass is 9.84. The van der Waals surface area contributed by atoms with Crippen molar-refractivity contribution in [2.45, 2.75) is 76.1 Å². The van der Waals surface area contributed by atoms with Gasteiger partial charge in [-0.2, -0.15) is 4.98 Å². The number of aromatic nitrogens is 2. The smallest absolute Gasteiger partial charge is 0.229 e. The minimum atomic E-state index is -0.447. The molecule has 3 saturated heterocycles. The Labute approximate surface area is 200 Å². The van der Waals surface area contributed by atoms with Crippen LogP contribution in [0.25, 0.3) is 0 Å². The zero-order chi connectivity index (χ0) is 23.7. The molecule has 9 heteroatoms. The fraction of sp³-hybridized carbons (Fsp3) is 0.600. The molecule has 0 aliphatic carbocycles. The minimum Gasteiger partial charge on any atom is -0.488 e. The Morgan fingerprint density at radius 1 is 1.24 bits per heavy atom. The van der Waals surface area contributed by atoms with E-state index in [4.69, 9.17) is 15.2 Å². The van der Waals surface area contributed by atoms with Gasteiger partial charge < -0.3 is 25.8 Å². The normalized spacial score (nSPS) is 25.0. The van der Waals surface area contributed by atoms with Crippen LogP contribution in [0.5, 0.6) is 5.75 Å². The van der Waals surface area contributed by atoms with Crippen LogP contribution in [-0.4, -0.2) is 58.4 Å². The molecule has 3 aliphatic heterocycles. The van der Waals surface area contributed by atoms with Gasteiger partial charge in [0.05, 0.1) is 25.1 Å². The highest BCUT2D eigenvalue weighted by Crippen LogP contribution is 2.38. The predicted octanol–water partition coefficient (Wildman–Crippen LogP) is 4.32. The van der Waals surface area contributed by atoms with Crippen molar-refractivity contribution in [2.75, 3.05) is 36.1 Å². The lowest BCUT2D eigenvalue weighted by Gasteiger charge is -2.47. The Morgan fingerprint density at radius 3 is 2.85 bits per heavy atom. The summed E-state index contributed by atoms with van der Waals surface area (Å²) in [6.45, 7) is 7.13. The van der Waals surface area contributed by atoms with Crippen LogP contribution in [0.3, 0.4) is 0 Å². The third-order valence-corrected chi connectivity index (χ3v) is 7.27. The molecule has 3 fully saturated rings. The first-order valence-electron chi connectivity index (χ1n) is 12.3. The average Bonchev–Trinajstić information content (AvgIpc) is 3.28. The molecule has 4 N–H and O–H groups in total. The number of ether oxygens (including phenoxy) is 2. The first-order valence-corrected chi connectivity index (χ1v) is 12.3. The summed E-state index contributed by atoms with van der Waals surface area (Å²) in [6.07, 6.45) is 7.42. The molecule has 1 aromatic heterocycles. The Kier molecular flexibility index (Phi) is 6.48. The molecule has 0 amide bonds. The second kappa shape index (κ2) is 9.54. The number of nitrogens with zero attached hydrogens (tertiary/aromatic N) is 3. The van der Waals surface area contributed by atoms with Crippen molar-refractivity contribution in [1.29, 1.82) is 0 Å². The van der Waals surface area contributed by atoms with Crippen molar-refractivity contribution in [1.82, 2.24) is 14.9 Å². The Morgan fingerprint density at radius 2 is 2.06 bits per heavy atom. The molecule has 3 aliphatic rings. The number of anilines is 4. The van der Waals surface area contributed by atoms with Crippen LogP contribution in [0, 0.1) is 5.82 Å². The summed E-state index contributed by atoms with van der Waals surface area (Å²) in [5.41, 5.74) is 7.56. The largest absolute Gasteiger partial charge is 0.488 e. The summed E-state index contributed by atoms with van der Waals surface area (Å²) in [5, 5.41) is 6.50. The maximum Gasteiger partial charge on any atom is 0.229 e. The van der Waals surface area contributed by atoms with Gasteiger partial charge in [0.25, 0.3) is 0 Å². The number of halogens is 1. The second-order valence-corrected chi connectivity index (χ2v) is 10.3. The second-order valence-electron chi connectivity index (χ2n) is 10.3. The Hall–Kier alpha value is -2.65. The first kappa shape index (κ1) is 23.1. The lowest BCUT2D eigenvalue weighted by molar-refractivity contribution is 0.0259. The van der Waals surface area contributed by atoms with Crippen LogP contribution in [0.4, 0.5) is 27.5 Å². The van der Waals surface area contributed by atoms with Gasteiger partial charge in [0.1, 0.15) is 11.9 Å². The zero-order valence-corrected chi connectivity index (χ0v) is 20.0. The number of nitrogens with two attached hydrogens (primary N) is 1. The van der Waals surface area contributed by atoms with E-state index in [-0.39, 0.29) is 23.5 Å². The number of nitrogen functional groups attached to an aromatic ring is 1. The first-order chi connectivity index (χ1) is 16.4. The molecule has 8 nitrogen and oxygen atoms in total. The highest BCUT2D eigenvalue weighted by atomic mass is 19.1. The molecule has 34 heavy (non-hydrogen) atoms. The number of piperidine rings is 1. The maximum atomic E-state index is 14.6. The number of fused-ring (bicyclic) bond motifs is 1. The monoisotopic (exact) mass is 470 g/mol. The number of nitrogens with one attached hydrogen (secondary N) is 2. The predicted molar refractivity (Wildman–Crippen MR) is 131 cm³/mol. The zero-order valence-electron chi connectivity index (χ0n) is 20.0. The van der Waals surface area contributed by atoms with Crippen molar-refractivity contribution >= 4 is 23.1 Å². The molecule has 1 aromatic carbocycles. The molecule has 0 bridgehead atoms. The van der Waals surface area contributed by atoms with Gasteiger partial charge in [-0.15, -0.1) is 0 Å². The highest BCUT2D eigenvalue weighted by molar-refractivity contribution is 5.65. The molecule has 0 radical (unpaired) electrons. The molecule has 2 aromatic rings. The molecule has 2 unspecified atom stereocenters. The third kappa shape index (κ3) is 5.05. The molecule has 4 heterocycles. The SMILES string of the molecule is CC1(C)CC(Nc2nc(Nc3ccc(OC4CCOCC4)c(N)c3)ncc2F)CC2CCCN21. The number of rotatable bonds is 6. The third-order valence-electron chi connectivity index (χ3n) is 7.27. The Bertz CT molecular complexity index is 1010. The van der Waals surface area contributed by atoms with E-state index in [9.17, 15) is 4.39 Å². The maximum absolute atomic E-state index is 14.6. The fourth-order valence-corrected chi connectivity index (χ4v) is 5.68. The Balaban J connectivity index is 1.25. The topological polar surface area (TPSA) is 97.6 Å². The van der Waals surface area contributed by atoms with E-state index in [1.165, 1.54) is 19.0 Å². The van der Waals surface area contributed by atoms with E-state index < -0.39 is 5.82 Å². The van der Waals surface area contributed by atoms with Gasteiger partial charge in [0.2, 0.25) is 5.95 Å². The summed E-state index contributed by atoms with van der Waals surface area (Å²) in [4.78, 5) is 11.2. The fourth-order valence-electron chi connectivity index (χ4n) is 5.68. The summed E-state index contributed by atoms with van der Waals surface area (Å²) < 4.78 is 26.0. The standard InChI is InChI=1S/C25H35FN6O2/c1-25(2)14-17(12-18-4-3-9-32(18)25)29-23-20(26)15-28-24(31-23)30-16-5-6-22(21(27)13-16)34-19-7-10-33-11-8-19/h5-6,13,15,17-19H,3-4,7-12,14,27H2,1-2H3,(H2,28,29,30,31). The van der Waals surface area contributed by atoms with Crippen molar-refractivity contribution in [2.24, 2.45) is 0 Å². The lowest BCUT2D eigenvalue weighted by Crippen LogP contribution is -2.55. The van der Waals surface area contributed by atoms with Gasteiger partial charge in [-0.1, -0.05) is 0 Å². The van der Waals surface area contributed by atoms with Gasteiger partial charge in [-0.3, -0.25) is 4.90 Å². The van der Waals surface area contributed by atoms with Crippen molar-refractivity contribution in [3.05, 3.63) is 30.2 Å². The van der Waals surface area contributed by atoms with Crippen molar-refractivity contribution in [3.63, 3.8) is 0 Å². The van der Waals surface area contributed by atoms with E-state index in [1.54, 1.807) is 6.07 Å². The van der Waals surface area contributed by atoms with Gasteiger partial charge in [0.15, 0.2) is 11.6 Å². The molecule has 0 spiro atoms. The summed E-state index contributed by atoms with van der Waals surface area (Å²) in [6, 6.07) is 6.21. The van der Waals surface area contributed by atoms with Crippen LogP contribution in [0.1, 0.15) is 52.4 Å². The van der Waals surface area contributed by atoms with E-state index in [1.807, 2.05) is 12.1 Å². The molecule has 0 saturated carbocycles. The van der Waals surface area contributed by atoms with E-state index in [0.29, 0.717) is 36.6 Å². The van der Waals surface area contributed by atoms with Crippen LogP contribution in [0.15, 0.2) is 24.4 Å². The van der Waals surface area contributed by atoms with Crippen molar-refractivity contribution < 1.29 is 13.9 Å². The van der Waals surface area contributed by atoms with Crippen LogP contribution < -0.4 is 21.1 Å². The number of hydrogen-bond acceptors (Lipinski definition) is 8. The summed E-state index contributed by atoms with van der Waals surface area (Å²) in [5.74, 6) is 0.758. The van der Waals surface area contributed by atoms with Gasteiger partial charge in [0, 0.05) is 36.2 Å². The van der Waals surface area contributed by atoms with Crippen LogP contribution >= 0.6 is 0 Å². The highest BCUT2D eigenvalue weighted by Gasteiger charge is 2.43. The van der Waals surface area contributed by atoms with E-state index in [0.717, 1.165) is 37.9 Å². The van der Waals surface area contributed by atoms with E-state index >= 15 is 0 Å². The van der Waals surface area contributed by atoms with Gasteiger partial charge in [-0.25, -0.2) is 9.37 Å². The quantitative estimate of drug-likeness (QED) is 0.537. The average molecular weight is 471 g/mol. The summed E-state index contributed by atoms with van der Waals surface area (Å²) >= 11 is 0. The minimum absolute atomic E-state index is 0.0909. The van der Waals surface area contributed by atoms with Crippen molar-refractivity contribution in [3.8, 4) is 5.75 Å². The molecule has 2 atom stereocenters. The molecule has 5 rings (SSSR count). The number of benzene rings is 1. The molecular weight excluding hydrogens is 435 g/mol. The van der Waals surface area contributed by atoms with Gasteiger partial charge >= 0.3 is 0 Å². The van der Waals surface area contributed by atoms with Crippen LogP contribution in [0.2, 0.25) is 0 Å². The molecular formula is C25H35FN6O2.